The minimum atomic E-state index is 0.244. The summed E-state index contributed by atoms with van der Waals surface area (Å²) < 4.78 is 0. The molecule has 0 spiro atoms. The van der Waals surface area contributed by atoms with E-state index in [1.165, 1.54) is 24.8 Å². The van der Waals surface area contributed by atoms with Gasteiger partial charge in [-0.15, -0.1) is 0 Å². The quantitative estimate of drug-likeness (QED) is 0.861. The van der Waals surface area contributed by atoms with Crippen molar-refractivity contribution in [1.82, 2.24) is 9.88 Å². The Morgan fingerprint density at radius 1 is 1.23 bits per heavy atom. The van der Waals surface area contributed by atoms with E-state index in [4.69, 9.17) is 0 Å². The summed E-state index contributed by atoms with van der Waals surface area (Å²) >= 11 is 0. The molecule has 0 amide bonds. The number of aromatic amines is 1. The number of nitrogens with zero attached hydrogens (tertiary/aromatic N) is 1. The number of likely N-dealkylation sites (tertiary alicyclic amines) is 1. The van der Waals surface area contributed by atoms with Gasteiger partial charge in [-0.3, -0.25) is 9.69 Å². The van der Waals surface area contributed by atoms with Crippen LogP contribution in [-0.4, -0.2) is 34.3 Å². The van der Waals surface area contributed by atoms with Crippen LogP contribution in [0.2, 0.25) is 0 Å². The Morgan fingerprint density at radius 2 is 1.91 bits per heavy atom. The predicted octanol–water partition coefficient (Wildman–Crippen LogP) is 4.23. The third kappa shape index (κ3) is 2.70. The first-order valence-electron chi connectivity index (χ1n) is 8.35. The van der Waals surface area contributed by atoms with Gasteiger partial charge in [0.1, 0.15) is 0 Å². The third-order valence-electron chi connectivity index (χ3n) is 5.12. The second-order valence-electron chi connectivity index (χ2n) is 6.90. The van der Waals surface area contributed by atoms with Crippen molar-refractivity contribution in [2.24, 2.45) is 0 Å². The van der Waals surface area contributed by atoms with Crippen molar-refractivity contribution in [3.8, 4) is 0 Å². The lowest BCUT2D eigenvalue weighted by atomic mass is 9.96. The number of aromatic nitrogens is 1. The molecule has 0 bridgehead atoms. The Hall–Kier alpha value is -1.61. The molecule has 1 fully saturated rings. The summed E-state index contributed by atoms with van der Waals surface area (Å²) in [6.07, 6.45) is 3.67. The Kier molecular flexibility index (Phi) is 4.09. The number of carbonyl (C=O) groups excluding carboxylic acids is 1. The fourth-order valence-electron chi connectivity index (χ4n) is 3.84. The lowest BCUT2D eigenvalue weighted by Crippen LogP contribution is -2.46. The number of benzene rings is 1. The molecule has 0 unspecified atom stereocenters. The van der Waals surface area contributed by atoms with Crippen molar-refractivity contribution in [3.05, 3.63) is 35.0 Å². The number of nitrogens with one attached hydrogen (secondary N) is 1. The smallest absolute Gasteiger partial charge is 0.179 e. The second kappa shape index (κ2) is 5.88. The molecule has 3 rings (SSSR count). The number of Topliss-reactive ketones (excluding diaryl/α,β-unsaturated/α-hetero) is 1. The van der Waals surface area contributed by atoms with Crippen LogP contribution in [-0.2, 0) is 0 Å². The number of fused-ring (bicyclic) bond motifs is 1. The largest absolute Gasteiger partial charge is 0.358 e. The van der Waals surface area contributed by atoms with Gasteiger partial charge in [-0.05, 0) is 52.2 Å². The standard InChI is InChI=1S/C19H26N2O/c1-12-8-9-16-17(10-12)20-15(4)19(16)18(22)11-21-13(2)6-5-7-14(21)3/h8-10,13-14,20H,5-7,11H2,1-4H3/t13-,14-/m0/s1. The lowest BCUT2D eigenvalue weighted by molar-refractivity contribution is 0.0735. The first-order chi connectivity index (χ1) is 10.5. The molecule has 1 aromatic heterocycles. The number of aryl methyl sites for hydroxylation is 2. The van der Waals surface area contributed by atoms with E-state index in [9.17, 15) is 4.79 Å². The van der Waals surface area contributed by atoms with Crippen LogP contribution in [0.1, 0.15) is 54.7 Å². The highest BCUT2D eigenvalue weighted by Crippen LogP contribution is 2.26. The average Bonchev–Trinajstić information content (AvgIpc) is 2.78. The summed E-state index contributed by atoms with van der Waals surface area (Å²) in [4.78, 5) is 18.7. The van der Waals surface area contributed by atoms with E-state index in [1.54, 1.807) is 0 Å². The van der Waals surface area contributed by atoms with Crippen LogP contribution in [0.5, 0.6) is 0 Å². The van der Waals surface area contributed by atoms with Crippen LogP contribution in [0.4, 0.5) is 0 Å². The fraction of sp³-hybridized carbons (Fsp3) is 0.526. The molecule has 1 aromatic carbocycles. The number of hydrogen-bond donors (Lipinski definition) is 1. The van der Waals surface area contributed by atoms with Gasteiger partial charge in [0.25, 0.3) is 0 Å². The van der Waals surface area contributed by atoms with E-state index in [-0.39, 0.29) is 5.78 Å². The fourth-order valence-corrected chi connectivity index (χ4v) is 3.84. The molecule has 1 saturated heterocycles. The maximum absolute atomic E-state index is 12.9. The van der Waals surface area contributed by atoms with Crippen molar-refractivity contribution < 1.29 is 4.79 Å². The van der Waals surface area contributed by atoms with Crippen LogP contribution in [0.3, 0.4) is 0 Å². The summed E-state index contributed by atoms with van der Waals surface area (Å²) in [5.41, 5.74) is 4.15. The van der Waals surface area contributed by atoms with Gasteiger partial charge in [-0.2, -0.15) is 0 Å². The summed E-state index contributed by atoms with van der Waals surface area (Å²) in [6, 6.07) is 7.27. The molecule has 1 aliphatic rings. The Labute approximate surface area is 132 Å². The van der Waals surface area contributed by atoms with E-state index < -0.39 is 0 Å². The van der Waals surface area contributed by atoms with E-state index in [0.717, 1.165) is 22.2 Å². The second-order valence-corrected chi connectivity index (χ2v) is 6.90. The lowest BCUT2D eigenvalue weighted by Gasteiger charge is -2.38. The number of ketones is 1. The summed E-state index contributed by atoms with van der Waals surface area (Å²) in [5, 5.41) is 1.06. The Bertz CT molecular complexity index is 691. The van der Waals surface area contributed by atoms with Crippen molar-refractivity contribution in [1.29, 1.82) is 0 Å². The van der Waals surface area contributed by atoms with E-state index in [1.807, 2.05) is 6.92 Å². The zero-order valence-corrected chi connectivity index (χ0v) is 14.1. The summed E-state index contributed by atoms with van der Waals surface area (Å²) in [5.74, 6) is 0.244. The van der Waals surface area contributed by atoms with Gasteiger partial charge in [0.05, 0.1) is 6.54 Å². The van der Waals surface area contributed by atoms with Crippen molar-refractivity contribution in [3.63, 3.8) is 0 Å². The van der Waals surface area contributed by atoms with Crippen LogP contribution >= 0.6 is 0 Å². The van der Waals surface area contributed by atoms with Gasteiger partial charge in [0, 0.05) is 34.2 Å². The van der Waals surface area contributed by atoms with Crippen LogP contribution < -0.4 is 0 Å². The highest BCUT2D eigenvalue weighted by atomic mass is 16.1. The third-order valence-corrected chi connectivity index (χ3v) is 5.12. The van der Waals surface area contributed by atoms with Gasteiger partial charge in [-0.1, -0.05) is 18.6 Å². The zero-order valence-electron chi connectivity index (χ0n) is 14.1. The number of piperidine rings is 1. The first-order valence-corrected chi connectivity index (χ1v) is 8.35. The molecule has 22 heavy (non-hydrogen) atoms. The minimum Gasteiger partial charge on any atom is -0.358 e. The monoisotopic (exact) mass is 298 g/mol. The van der Waals surface area contributed by atoms with Crippen LogP contribution in [0.25, 0.3) is 10.9 Å². The molecule has 0 radical (unpaired) electrons. The summed E-state index contributed by atoms with van der Waals surface area (Å²) in [7, 11) is 0. The van der Waals surface area contributed by atoms with E-state index >= 15 is 0 Å². The molecule has 0 aliphatic carbocycles. The van der Waals surface area contributed by atoms with Gasteiger partial charge >= 0.3 is 0 Å². The molecule has 2 heterocycles. The van der Waals surface area contributed by atoms with Crippen molar-refractivity contribution >= 4 is 16.7 Å². The van der Waals surface area contributed by atoms with Crippen LogP contribution in [0, 0.1) is 13.8 Å². The molecule has 2 atom stereocenters. The first kappa shape index (κ1) is 15.3. The zero-order chi connectivity index (χ0) is 15.9. The normalized spacial score (nSPS) is 23.1. The molecule has 1 aliphatic heterocycles. The number of rotatable bonds is 3. The molecule has 1 N–H and O–H groups in total. The molecule has 118 valence electrons. The molecule has 3 heteroatoms. The molecular weight excluding hydrogens is 272 g/mol. The summed E-state index contributed by atoms with van der Waals surface area (Å²) in [6.45, 7) is 9.10. The highest BCUT2D eigenvalue weighted by molar-refractivity contribution is 6.10. The average molecular weight is 298 g/mol. The topological polar surface area (TPSA) is 36.1 Å². The maximum Gasteiger partial charge on any atom is 0.179 e. The van der Waals surface area contributed by atoms with Gasteiger partial charge in [0.2, 0.25) is 0 Å². The Morgan fingerprint density at radius 3 is 2.59 bits per heavy atom. The SMILES string of the molecule is Cc1ccc2c(C(=O)CN3[C@@H](C)CCC[C@@H]3C)c(C)[nH]c2c1. The van der Waals surface area contributed by atoms with Gasteiger partial charge in [-0.25, -0.2) is 0 Å². The maximum atomic E-state index is 12.9. The molecule has 2 aromatic rings. The van der Waals surface area contributed by atoms with E-state index in [2.05, 4.69) is 48.9 Å². The van der Waals surface area contributed by atoms with E-state index in [0.29, 0.717) is 18.6 Å². The van der Waals surface area contributed by atoms with Crippen molar-refractivity contribution in [2.45, 2.75) is 59.0 Å². The highest BCUT2D eigenvalue weighted by Gasteiger charge is 2.28. The predicted molar refractivity (Wildman–Crippen MR) is 91.6 cm³/mol. The van der Waals surface area contributed by atoms with Gasteiger partial charge < -0.3 is 4.98 Å². The molecule has 0 saturated carbocycles. The molecule has 3 nitrogen and oxygen atoms in total. The van der Waals surface area contributed by atoms with Gasteiger partial charge in [0.15, 0.2) is 5.78 Å². The minimum absolute atomic E-state index is 0.244. The van der Waals surface area contributed by atoms with Crippen molar-refractivity contribution in [2.75, 3.05) is 6.54 Å². The van der Waals surface area contributed by atoms with Crippen LogP contribution in [0.15, 0.2) is 18.2 Å². The molecular formula is C19H26N2O. The number of carbonyl (C=O) groups is 1. The number of hydrogen-bond acceptors (Lipinski definition) is 2. The number of H-pyrrole nitrogens is 1. The Balaban J connectivity index is 1.90.